The number of fused-ring (bicyclic) bond motifs is 1. The third-order valence-electron chi connectivity index (χ3n) is 6.97. The molecule has 0 aliphatic carbocycles. The van der Waals surface area contributed by atoms with Crippen molar-refractivity contribution in [3.63, 3.8) is 0 Å². The smallest absolute Gasteiger partial charge is 0.227 e. The van der Waals surface area contributed by atoms with Crippen molar-refractivity contribution in [1.29, 1.82) is 0 Å². The molecule has 0 bridgehead atoms. The molecule has 0 radical (unpaired) electrons. The van der Waals surface area contributed by atoms with E-state index >= 15 is 0 Å². The maximum Gasteiger partial charge on any atom is 0.227 e. The molecule has 2 saturated heterocycles. The fourth-order valence-electron chi connectivity index (χ4n) is 5.04. The van der Waals surface area contributed by atoms with Gasteiger partial charge in [-0.2, -0.15) is 0 Å². The molecule has 174 valence electrons. The largest absolute Gasteiger partial charge is 0.497 e. The van der Waals surface area contributed by atoms with Crippen molar-refractivity contribution in [2.24, 2.45) is 5.92 Å². The summed E-state index contributed by atoms with van der Waals surface area (Å²) in [6.07, 6.45) is 5.47. The van der Waals surface area contributed by atoms with Crippen LogP contribution in [0.5, 0.6) is 11.5 Å². The number of H-pyrrole nitrogens is 1. The molecule has 33 heavy (non-hydrogen) atoms. The fraction of sp³-hybridized carbons (Fsp3) is 0.423. The van der Waals surface area contributed by atoms with Gasteiger partial charge in [0.05, 0.1) is 20.1 Å². The van der Waals surface area contributed by atoms with Crippen LogP contribution < -0.4 is 20.3 Å². The lowest BCUT2D eigenvalue weighted by atomic mass is 9.94. The van der Waals surface area contributed by atoms with E-state index in [1.54, 1.807) is 7.11 Å². The number of aromatic amines is 1. The molecule has 3 aromatic rings. The first-order valence-electron chi connectivity index (χ1n) is 11.8. The fourth-order valence-corrected chi connectivity index (χ4v) is 5.04. The average molecular weight is 449 g/mol. The Labute approximate surface area is 194 Å². The highest BCUT2D eigenvalue weighted by atomic mass is 16.5. The number of para-hydroxylation sites is 1. The number of methoxy groups -OCH3 is 1. The summed E-state index contributed by atoms with van der Waals surface area (Å²) in [5.74, 6) is 2.39. The lowest BCUT2D eigenvalue weighted by Crippen LogP contribution is -2.39. The topological polar surface area (TPSA) is 78.6 Å². The molecule has 2 fully saturated rings. The summed E-state index contributed by atoms with van der Waals surface area (Å²) < 4.78 is 11.1. The van der Waals surface area contributed by atoms with E-state index in [9.17, 15) is 4.79 Å². The van der Waals surface area contributed by atoms with Crippen LogP contribution in [0.15, 0.2) is 54.7 Å². The van der Waals surface area contributed by atoms with Gasteiger partial charge in [-0.3, -0.25) is 15.6 Å². The van der Waals surface area contributed by atoms with Crippen LogP contribution in [-0.2, 0) is 11.2 Å². The molecule has 3 unspecified atom stereocenters. The van der Waals surface area contributed by atoms with Crippen molar-refractivity contribution in [3.05, 3.63) is 60.3 Å². The molecule has 5 rings (SSSR count). The Morgan fingerprint density at radius 2 is 1.91 bits per heavy atom. The predicted octanol–water partition coefficient (Wildman–Crippen LogP) is 3.27. The van der Waals surface area contributed by atoms with Crippen LogP contribution >= 0.6 is 0 Å². The number of nitrogens with one attached hydrogen (secondary N) is 3. The number of aromatic nitrogens is 1. The second-order valence-electron chi connectivity index (χ2n) is 9.07. The first kappa shape index (κ1) is 21.8. The predicted molar refractivity (Wildman–Crippen MR) is 128 cm³/mol. The van der Waals surface area contributed by atoms with Gasteiger partial charge in [-0.25, -0.2) is 0 Å². The summed E-state index contributed by atoms with van der Waals surface area (Å²) in [6, 6.07) is 16.6. The SMILES string of the molecule is COc1ccc(OCCC2CC(C3CCN(C(=O)Cc4c[nH]c5ccccc45)C3)NN2)cc1. The van der Waals surface area contributed by atoms with E-state index < -0.39 is 0 Å². The van der Waals surface area contributed by atoms with Crippen molar-refractivity contribution in [3.8, 4) is 11.5 Å². The second-order valence-corrected chi connectivity index (χ2v) is 9.07. The number of hydrogen-bond acceptors (Lipinski definition) is 5. The minimum absolute atomic E-state index is 0.220. The number of carbonyl (C=O) groups excluding carboxylic acids is 1. The highest BCUT2D eigenvalue weighted by Gasteiger charge is 2.36. The third kappa shape index (κ3) is 4.99. The highest BCUT2D eigenvalue weighted by molar-refractivity contribution is 5.89. The number of amides is 1. The Kier molecular flexibility index (Phi) is 6.51. The van der Waals surface area contributed by atoms with E-state index in [-0.39, 0.29) is 5.91 Å². The molecule has 7 nitrogen and oxygen atoms in total. The van der Waals surface area contributed by atoms with Gasteiger partial charge in [0.25, 0.3) is 0 Å². The minimum atomic E-state index is 0.220. The molecule has 0 saturated carbocycles. The molecule has 0 spiro atoms. The molecule has 2 aliphatic heterocycles. The Hall–Kier alpha value is -3.03. The summed E-state index contributed by atoms with van der Waals surface area (Å²) in [5.41, 5.74) is 9.07. The summed E-state index contributed by atoms with van der Waals surface area (Å²) in [6.45, 7) is 2.34. The molecule has 2 aromatic carbocycles. The first-order valence-corrected chi connectivity index (χ1v) is 11.8. The number of benzene rings is 2. The van der Waals surface area contributed by atoms with Gasteiger partial charge in [-0.1, -0.05) is 18.2 Å². The maximum atomic E-state index is 12.9. The minimum Gasteiger partial charge on any atom is -0.497 e. The van der Waals surface area contributed by atoms with Gasteiger partial charge in [-0.15, -0.1) is 0 Å². The molecule has 2 aliphatic rings. The number of ether oxygens (including phenoxy) is 2. The number of carbonyl (C=O) groups is 1. The van der Waals surface area contributed by atoms with E-state index in [1.165, 1.54) is 0 Å². The molecule has 7 heteroatoms. The van der Waals surface area contributed by atoms with E-state index in [2.05, 4.69) is 21.9 Å². The standard InChI is InChI=1S/C26H32N4O3/c1-32-21-6-8-22(9-7-21)33-13-11-20-15-25(29-28-20)18-10-12-30(17-18)26(31)14-19-16-27-24-5-3-2-4-23(19)24/h2-9,16,18,20,25,27-29H,10-15,17H2,1H3. The van der Waals surface area contributed by atoms with Gasteiger partial charge in [0.2, 0.25) is 5.91 Å². The van der Waals surface area contributed by atoms with E-state index in [4.69, 9.17) is 9.47 Å². The summed E-state index contributed by atoms with van der Waals surface area (Å²) in [7, 11) is 1.66. The zero-order valence-electron chi connectivity index (χ0n) is 19.0. The average Bonchev–Trinajstić information content (AvgIpc) is 3.60. The number of rotatable bonds is 8. The molecular weight excluding hydrogens is 416 g/mol. The Balaban J connectivity index is 1.06. The van der Waals surface area contributed by atoms with Crippen LogP contribution in [0.4, 0.5) is 0 Å². The summed E-state index contributed by atoms with van der Waals surface area (Å²) >= 11 is 0. The molecular formula is C26H32N4O3. The van der Waals surface area contributed by atoms with Crippen molar-refractivity contribution in [2.75, 3.05) is 26.8 Å². The van der Waals surface area contributed by atoms with Gasteiger partial charge in [0, 0.05) is 42.3 Å². The summed E-state index contributed by atoms with van der Waals surface area (Å²) in [4.78, 5) is 18.3. The van der Waals surface area contributed by atoms with Gasteiger partial charge in [0.1, 0.15) is 11.5 Å². The van der Waals surface area contributed by atoms with Gasteiger partial charge < -0.3 is 19.4 Å². The van der Waals surface area contributed by atoms with Crippen molar-refractivity contribution >= 4 is 16.8 Å². The van der Waals surface area contributed by atoms with Crippen LogP contribution in [0.25, 0.3) is 10.9 Å². The van der Waals surface area contributed by atoms with Crippen LogP contribution in [0.1, 0.15) is 24.8 Å². The van der Waals surface area contributed by atoms with Crippen molar-refractivity contribution in [2.45, 2.75) is 37.8 Å². The van der Waals surface area contributed by atoms with Crippen molar-refractivity contribution < 1.29 is 14.3 Å². The van der Waals surface area contributed by atoms with E-state index in [0.29, 0.717) is 31.0 Å². The number of likely N-dealkylation sites (tertiary alicyclic amines) is 1. The lowest BCUT2D eigenvalue weighted by Gasteiger charge is -2.20. The van der Waals surface area contributed by atoms with Crippen LogP contribution in [0.3, 0.4) is 0 Å². The molecule has 1 amide bonds. The quantitative estimate of drug-likeness (QED) is 0.493. The molecule has 1 aromatic heterocycles. The zero-order chi connectivity index (χ0) is 22.6. The lowest BCUT2D eigenvalue weighted by molar-refractivity contribution is -0.129. The maximum absolute atomic E-state index is 12.9. The van der Waals surface area contributed by atoms with Crippen molar-refractivity contribution in [1.82, 2.24) is 20.7 Å². The molecule has 3 atom stereocenters. The molecule has 3 N–H and O–H groups in total. The molecule has 3 heterocycles. The Bertz CT molecular complexity index is 1080. The van der Waals surface area contributed by atoms with E-state index in [0.717, 1.165) is 60.3 Å². The van der Waals surface area contributed by atoms with E-state index in [1.807, 2.05) is 53.6 Å². The van der Waals surface area contributed by atoms with Crippen LogP contribution in [0, 0.1) is 5.92 Å². The second kappa shape index (κ2) is 9.85. The highest BCUT2D eigenvalue weighted by Crippen LogP contribution is 2.27. The Morgan fingerprint density at radius 1 is 1.09 bits per heavy atom. The third-order valence-corrected chi connectivity index (χ3v) is 6.97. The first-order chi connectivity index (χ1) is 16.2. The number of hydrazine groups is 1. The number of hydrogen-bond donors (Lipinski definition) is 3. The monoisotopic (exact) mass is 448 g/mol. The van der Waals surface area contributed by atoms with Gasteiger partial charge >= 0.3 is 0 Å². The Morgan fingerprint density at radius 3 is 2.76 bits per heavy atom. The van der Waals surface area contributed by atoms with Gasteiger partial charge in [-0.05, 0) is 61.1 Å². The normalized spacial score (nSPS) is 22.7. The summed E-state index contributed by atoms with van der Waals surface area (Å²) in [5, 5.41) is 1.14. The van der Waals surface area contributed by atoms with Crippen LogP contribution in [0.2, 0.25) is 0 Å². The van der Waals surface area contributed by atoms with Gasteiger partial charge in [0.15, 0.2) is 0 Å². The zero-order valence-corrected chi connectivity index (χ0v) is 19.0. The number of nitrogens with zero attached hydrogens (tertiary/aromatic N) is 1. The van der Waals surface area contributed by atoms with Crippen LogP contribution in [-0.4, -0.2) is 54.7 Å².